The first kappa shape index (κ1) is 11.2. The zero-order chi connectivity index (χ0) is 11.5. The Bertz CT molecular complexity index is 352. The molecule has 0 aromatic heterocycles. The largest absolute Gasteiger partial charge is 0.374 e. The monoisotopic (exact) mass is 232 g/mol. The molecule has 0 spiro atoms. The lowest BCUT2D eigenvalue weighted by molar-refractivity contribution is -0.0842. The first-order valence-corrected chi connectivity index (χ1v) is 6.54. The van der Waals surface area contributed by atoms with Crippen LogP contribution >= 0.6 is 0 Å². The highest BCUT2D eigenvalue weighted by Crippen LogP contribution is 2.21. The lowest BCUT2D eigenvalue weighted by Crippen LogP contribution is -2.57. The van der Waals surface area contributed by atoms with E-state index in [0.29, 0.717) is 12.1 Å². The van der Waals surface area contributed by atoms with E-state index >= 15 is 0 Å². The van der Waals surface area contributed by atoms with Crippen LogP contribution in [0.15, 0.2) is 30.3 Å². The highest BCUT2D eigenvalue weighted by atomic mass is 16.5. The summed E-state index contributed by atoms with van der Waals surface area (Å²) in [6, 6.07) is 11.4. The van der Waals surface area contributed by atoms with E-state index in [0.717, 1.165) is 32.8 Å². The predicted octanol–water partition coefficient (Wildman–Crippen LogP) is 1.25. The van der Waals surface area contributed by atoms with E-state index in [4.69, 9.17) is 4.74 Å². The third-order valence-electron chi connectivity index (χ3n) is 3.80. The molecule has 2 fully saturated rings. The molecule has 92 valence electrons. The Labute approximate surface area is 103 Å². The van der Waals surface area contributed by atoms with Crippen molar-refractivity contribution < 1.29 is 4.74 Å². The number of rotatable bonds is 2. The number of piperidine rings is 1. The zero-order valence-electron chi connectivity index (χ0n) is 10.1. The van der Waals surface area contributed by atoms with Crippen molar-refractivity contribution in [3.05, 3.63) is 35.9 Å². The Kier molecular flexibility index (Phi) is 3.41. The van der Waals surface area contributed by atoms with Crippen LogP contribution in [0.3, 0.4) is 0 Å². The number of nitrogens with zero attached hydrogens (tertiary/aromatic N) is 1. The van der Waals surface area contributed by atoms with Crippen molar-refractivity contribution in [1.29, 1.82) is 0 Å². The molecule has 1 aromatic rings. The number of hydrogen-bond donors (Lipinski definition) is 1. The number of nitrogens with one attached hydrogen (secondary N) is 1. The third kappa shape index (κ3) is 2.51. The molecule has 0 bridgehead atoms. The van der Waals surface area contributed by atoms with Crippen molar-refractivity contribution in [1.82, 2.24) is 10.2 Å². The van der Waals surface area contributed by atoms with Crippen molar-refractivity contribution in [2.24, 2.45) is 0 Å². The van der Waals surface area contributed by atoms with Gasteiger partial charge in [-0.05, 0) is 18.5 Å². The lowest BCUT2D eigenvalue weighted by atomic mass is 9.99. The first-order valence-electron chi connectivity index (χ1n) is 6.54. The second-order valence-corrected chi connectivity index (χ2v) is 4.93. The van der Waals surface area contributed by atoms with E-state index < -0.39 is 0 Å². The smallest absolute Gasteiger partial charge is 0.0855 e. The van der Waals surface area contributed by atoms with Gasteiger partial charge in [0.1, 0.15) is 0 Å². The van der Waals surface area contributed by atoms with Gasteiger partial charge in [0.05, 0.1) is 12.7 Å². The zero-order valence-corrected chi connectivity index (χ0v) is 10.1. The fraction of sp³-hybridized carbons (Fsp3) is 0.571. The summed E-state index contributed by atoms with van der Waals surface area (Å²) in [4.78, 5) is 2.59. The third-order valence-corrected chi connectivity index (χ3v) is 3.80. The van der Waals surface area contributed by atoms with Gasteiger partial charge in [0.2, 0.25) is 0 Å². The molecule has 2 saturated heterocycles. The van der Waals surface area contributed by atoms with E-state index in [-0.39, 0.29) is 0 Å². The molecule has 17 heavy (non-hydrogen) atoms. The molecular weight excluding hydrogens is 212 g/mol. The van der Waals surface area contributed by atoms with Crippen LogP contribution in [-0.2, 0) is 11.3 Å². The van der Waals surface area contributed by atoms with Gasteiger partial charge >= 0.3 is 0 Å². The van der Waals surface area contributed by atoms with Gasteiger partial charge in [0.15, 0.2) is 0 Å². The fourth-order valence-corrected chi connectivity index (χ4v) is 2.91. The summed E-state index contributed by atoms with van der Waals surface area (Å²) < 4.78 is 5.85. The van der Waals surface area contributed by atoms with Gasteiger partial charge in [-0.25, -0.2) is 0 Å². The van der Waals surface area contributed by atoms with Gasteiger partial charge in [-0.3, -0.25) is 4.90 Å². The fourth-order valence-electron chi connectivity index (χ4n) is 2.91. The summed E-state index contributed by atoms with van der Waals surface area (Å²) in [5.41, 5.74) is 1.41. The van der Waals surface area contributed by atoms with Crippen LogP contribution < -0.4 is 5.32 Å². The van der Waals surface area contributed by atoms with Gasteiger partial charge in [-0.1, -0.05) is 30.3 Å². The Morgan fingerprint density at radius 1 is 1.29 bits per heavy atom. The SMILES string of the molecule is c1ccc(CN2CCO[C@@H]3CNCC[C@@H]32)cc1. The summed E-state index contributed by atoms with van der Waals surface area (Å²) in [5.74, 6) is 0. The highest BCUT2D eigenvalue weighted by Gasteiger charge is 2.33. The van der Waals surface area contributed by atoms with Crippen molar-refractivity contribution in [2.45, 2.75) is 25.1 Å². The molecule has 2 aliphatic rings. The highest BCUT2D eigenvalue weighted by molar-refractivity contribution is 5.15. The molecule has 0 aliphatic carbocycles. The number of morpholine rings is 1. The summed E-state index contributed by atoms with van der Waals surface area (Å²) in [5, 5.41) is 3.42. The molecule has 2 aliphatic heterocycles. The molecule has 0 unspecified atom stereocenters. The van der Waals surface area contributed by atoms with Gasteiger partial charge in [0.25, 0.3) is 0 Å². The summed E-state index contributed by atoms with van der Waals surface area (Å²) in [6.07, 6.45) is 1.60. The molecule has 1 N–H and O–H groups in total. The minimum atomic E-state index is 0.390. The van der Waals surface area contributed by atoms with Crippen LogP contribution in [0.2, 0.25) is 0 Å². The number of fused-ring (bicyclic) bond motifs is 1. The molecule has 0 amide bonds. The van der Waals surface area contributed by atoms with Crippen molar-refractivity contribution in [3.63, 3.8) is 0 Å². The molecule has 3 nitrogen and oxygen atoms in total. The van der Waals surface area contributed by atoms with E-state index in [1.54, 1.807) is 0 Å². The maximum atomic E-state index is 5.85. The lowest BCUT2D eigenvalue weighted by Gasteiger charge is -2.44. The van der Waals surface area contributed by atoms with Crippen molar-refractivity contribution >= 4 is 0 Å². The maximum Gasteiger partial charge on any atom is 0.0855 e. The van der Waals surface area contributed by atoms with Gasteiger partial charge in [-0.2, -0.15) is 0 Å². The first-order chi connectivity index (χ1) is 8.43. The normalized spacial score (nSPS) is 29.9. The minimum Gasteiger partial charge on any atom is -0.374 e. The average molecular weight is 232 g/mol. The molecule has 3 rings (SSSR count). The standard InChI is InChI=1S/C14H20N2O/c1-2-4-12(5-3-1)11-16-8-9-17-14-10-15-7-6-13(14)16/h1-5,13-15H,6-11H2/t13-,14+/m0/s1. The number of benzene rings is 1. The predicted molar refractivity (Wildman–Crippen MR) is 67.9 cm³/mol. The summed E-state index contributed by atoms with van der Waals surface area (Å²) in [6.45, 7) is 5.13. The van der Waals surface area contributed by atoms with Crippen LogP contribution in [0.5, 0.6) is 0 Å². The second-order valence-electron chi connectivity index (χ2n) is 4.93. The summed E-state index contributed by atoms with van der Waals surface area (Å²) >= 11 is 0. The van der Waals surface area contributed by atoms with Crippen LogP contribution in [0.25, 0.3) is 0 Å². The van der Waals surface area contributed by atoms with Gasteiger partial charge in [-0.15, -0.1) is 0 Å². The molecule has 3 heteroatoms. The van der Waals surface area contributed by atoms with Crippen LogP contribution in [-0.4, -0.2) is 43.3 Å². The van der Waals surface area contributed by atoms with E-state index in [2.05, 4.69) is 40.5 Å². The Morgan fingerprint density at radius 2 is 2.18 bits per heavy atom. The van der Waals surface area contributed by atoms with E-state index in [1.807, 2.05) is 0 Å². The Hall–Kier alpha value is -0.900. The second kappa shape index (κ2) is 5.17. The van der Waals surface area contributed by atoms with Crippen molar-refractivity contribution in [3.8, 4) is 0 Å². The minimum absolute atomic E-state index is 0.390. The molecule has 0 radical (unpaired) electrons. The maximum absolute atomic E-state index is 5.85. The molecular formula is C14H20N2O. The Morgan fingerprint density at radius 3 is 3.06 bits per heavy atom. The van der Waals surface area contributed by atoms with Gasteiger partial charge in [0, 0.05) is 25.7 Å². The molecule has 2 atom stereocenters. The number of hydrogen-bond acceptors (Lipinski definition) is 3. The van der Waals surface area contributed by atoms with Crippen LogP contribution in [0.1, 0.15) is 12.0 Å². The van der Waals surface area contributed by atoms with Crippen LogP contribution in [0.4, 0.5) is 0 Å². The quantitative estimate of drug-likeness (QED) is 0.830. The Balaban J connectivity index is 1.69. The van der Waals surface area contributed by atoms with Crippen LogP contribution in [0, 0.1) is 0 Å². The van der Waals surface area contributed by atoms with E-state index in [1.165, 1.54) is 12.0 Å². The van der Waals surface area contributed by atoms with Crippen molar-refractivity contribution in [2.75, 3.05) is 26.2 Å². The summed E-state index contributed by atoms with van der Waals surface area (Å²) in [7, 11) is 0. The molecule has 2 heterocycles. The van der Waals surface area contributed by atoms with Gasteiger partial charge < -0.3 is 10.1 Å². The average Bonchev–Trinajstić information content (AvgIpc) is 2.40. The van der Waals surface area contributed by atoms with E-state index in [9.17, 15) is 0 Å². The topological polar surface area (TPSA) is 24.5 Å². The molecule has 0 saturated carbocycles. The number of ether oxygens (including phenoxy) is 1. The molecule has 1 aromatic carbocycles.